The Morgan fingerprint density at radius 1 is 1.40 bits per heavy atom. The third-order valence-electron chi connectivity index (χ3n) is 2.65. The van der Waals surface area contributed by atoms with E-state index in [-0.39, 0.29) is 5.91 Å². The lowest BCUT2D eigenvalue weighted by molar-refractivity contribution is -0.120. The van der Waals surface area contributed by atoms with Gasteiger partial charge in [-0.05, 0) is 32.2 Å². The van der Waals surface area contributed by atoms with Gasteiger partial charge in [0, 0.05) is 19.5 Å². The monoisotopic (exact) mass is 210 g/mol. The number of likely N-dealkylation sites (N-methyl/N-ethyl adjacent to an activating group) is 1. The van der Waals surface area contributed by atoms with E-state index in [0.717, 1.165) is 32.5 Å². The summed E-state index contributed by atoms with van der Waals surface area (Å²) in [5, 5.41) is 6.10. The van der Waals surface area contributed by atoms with Crippen molar-refractivity contribution in [3.63, 3.8) is 0 Å². The van der Waals surface area contributed by atoms with Gasteiger partial charge in [-0.15, -0.1) is 0 Å². The molecule has 2 N–H and O–H groups in total. The smallest absolute Gasteiger partial charge is 0.224 e. The molecule has 0 aromatic heterocycles. The van der Waals surface area contributed by atoms with Crippen molar-refractivity contribution in [3.8, 4) is 0 Å². The molecule has 0 saturated carbocycles. The molecule has 3 nitrogen and oxygen atoms in total. The zero-order valence-corrected chi connectivity index (χ0v) is 9.64. The van der Waals surface area contributed by atoms with Gasteiger partial charge in [-0.1, -0.05) is 18.6 Å². The molecule has 86 valence electrons. The van der Waals surface area contributed by atoms with Crippen LogP contribution in [0.4, 0.5) is 0 Å². The summed E-state index contributed by atoms with van der Waals surface area (Å²) >= 11 is 0. The van der Waals surface area contributed by atoms with Crippen LogP contribution >= 0.6 is 0 Å². The van der Waals surface area contributed by atoms with Crippen LogP contribution in [0, 0.1) is 0 Å². The largest absolute Gasteiger partial charge is 0.355 e. The zero-order chi connectivity index (χ0) is 10.9. The van der Waals surface area contributed by atoms with Gasteiger partial charge in [-0.25, -0.2) is 0 Å². The third-order valence-corrected chi connectivity index (χ3v) is 2.65. The van der Waals surface area contributed by atoms with Crippen LogP contribution in [-0.4, -0.2) is 25.5 Å². The van der Waals surface area contributed by atoms with E-state index in [0.29, 0.717) is 6.42 Å². The van der Waals surface area contributed by atoms with E-state index in [2.05, 4.69) is 23.6 Å². The summed E-state index contributed by atoms with van der Waals surface area (Å²) in [7, 11) is 0. The van der Waals surface area contributed by atoms with Crippen LogP contribution in [0.1, 0.15) is 39.0 Å². The van der Waals surface area contributed by atoms with E-state index in [1.807, 2.05) is 0 Å². The Morgan fingerprint density at radius 3 is 2.93 bits per heavy atom. The van der Waals surface area contributed by atoms with Gasteiger partial charge >= 0.3 is 0 Å². The fourth-order valence-electron chi connectivity index (χ4n) is 1.80. The Morgan fingerprint density at radius 2 is 2.27 bits per heavy atom. The molecule has 0 unspecified atom stereocenters. The first-order valence-electron chi connectivity index (χ1n) is 5.98. The van der Waals surface area contributed by atoms with E-state index in [1.54, 1.807) is 0 Å². The first-order valence-corrected chi connectivity index (χ1v) is 5.98. The second-order valence-corrected chi connectivity index (χ2v) is 3.99. The quantitative estimate of drug-likeness (QED) is 0.516. The van der Waals surface area contributed by atoms with Crippen molar-refractivity contribution in [2.75, 3.05) is 19.6 Å². The van der Waals surface area contributed by atoms with Crippen LogP contribution in [0.25, 0.3) is 0 Å². The molecular formula is C12H22N2O. The molecule has 0 saturated heterocycles. The van der Waals surface area contributed by atoms with Crippen LogP contribution in [0.3, 0.4) is 0 Å². The Kier molecular flexibility index (Phi) is 6.09. The summed E-state index contributed by atoms with van der Waals surface area (Å²) in [4.78, 5) is 11.5. The van der Waals surface area contributed by atoms with Crippen LogP contribution in [-0.2, 0) is 4.79 Å². The Labute approximate surface area is 92.3 Å². The highest BCUT2D eigenvalue weighted by molar-refractivity contribution is 5.78. The molecule has 3 heteroatoms. The van der Waals surface area contributed by atoms with Crippen molar-refractivity contribution in [3.05, 3.63) is 11.6 Å². The highest BCUT2D eigenvalue weighted by Crippen LogP contribution is 2.19. The van der Waals surface area contributed by atoms with Crippen LogP contribution in [0.15, 0.2) is 11.6 Å². The maximum absolute atomic E-state index is 11.5. The Hall–Kier alpha value is -0.830. The van der Waals surface area contributed by atoms with Gasteiger partial charge < -0.3 is 10.6 Å². The highest BCUT2D eigenvalue weighted by Gasteiger charge is 2.07. The molecule has 0 spiro atoms. The minimum Gasteiger partial charge on any atom is -0.355 e. The van der Waals surface area contributed by atoms with Gasteiger partial charge in [0.15, 0.2) is 0 Å². The van der Waals surface area contributed by atoms with Crippen LogP contribution < -0.4 is 10.6 Å². The summed E-state index contributed by atoms with van der Waals surface area (Å²) in [5.41, 5.74) is 1.32. The van der Waals surface area contributed by atoms with E-state index >= 15 is 0 Å². The van der Waals surface area contributed by atoms with Crippen molar-refractivity contribution in [1.82, 2.24) is 10.6 Å². The molecule has 1 aliphatic carbocycles. The van der Waals surface area contributed by atoms with Crippen molar-refractivity contribution >= 4 is 5.91 Å². The number of carbonyl (C=O) groups is 1. The molecule has 0 fully saturated rings. The summed E-state index contributed by atoms with van der Waals surface area (Å²) in [5.74, 6) is 0.168. The summed E-state index contributed by atoms with van der Waals surface area (Å²) in [6.45, 7) is 4.62. The zero-order valence-electron chi connectivity index (χ0n) is 9.64. The van der Waals surface area contributed by atoms with Gasteiger partial charge in [-0.3, -0.25) is 4.79 Å². The lowest BCUT2D eigenvalue weighted by Gasteiger charge is -2.12. The third kappa shape index (κ3) is 5.57. The fraction of sp³-hybridized carbons (Fsp3) is 0.750. The molecule has 0 aromatic rings. The van der Waals surface area contributed by atoms with E-state index in [1.165, 1.54) is 18.4 Å². The lowest BCUT2D eigenvalue weighted by Crippen LogP contribution is -2.31. The molecule has 0 bridgehead atoms. The van der Waals surface area contributed by atoms with Crippen molar-refractivity contribution in [2.24, 2.45) is 0 Å². The van der Waals surface area contributed by atoms with Gasteiger partial charge in [0.2, 0.25) is 5.91 Å². The van der Waals surface area contributed by atoms with Gasteiger partial charge in [0.25, 0.3) is 0 Å². The number of hydrogen-bond acceptors (Lipinski definition) is 2. The Balaban J connectivity index is 2.09. The SMILES string of the molecule is CCNCCNC(=O)CC1=CCCCC1. The van der Waals surface area contributed by atoms with E-state index < -0.39 is 0 Å². The van der Waals surface area contributed by atoms with Crippen molar-refractivity contribution < 1.29 is 4.79 Å². The average Bonchev–Trinajstić information content (AvgIpc) is 2.26. The number of nitrogens with one attached hydrogen (secondary N) is 2. The van der Waals surface area contributed by atoms with E-state index in [4.69, 9.17) is 0 Å². The number of carbonyl (C=O) groups excluding carboxylic acids is 1. The van der Waals surface area contributed by atoms with Crippen molar-refractivity contribution in [1.29, 1.82) is 0 Å². The number of hydrogen-bond donors (Lipinski definition) is 2. The van der Waals surface area contributed by atoms with Crippen molar-refractivity contribution in [2.45, 2.75) is 39.0 Å². The molecule has 15 heavy (non-hydrogen) atoms. The summed E-state index contributed by atoms with van der Waals surface area (Å²) in [6.07, 6.45) is 7.63. The first kappa shape index (κ1) is 12.2. The number of rotatable bonds is 6. The lowest BCUT2D eigenvalue weighted by atomic mass is 9.97. The van der Waals surface area contributed by atoms with E-state index in [9.17, 15) is 4.79 Å². The standard InChI is InChI=1S/C12H22N2O/c1-2-13-8-9-14-12(15)10-11-6-4-3-5-7-11/h6,13H,2-5,7-10H2,1H3,(H,14,15). The predicted molar refractivity (Wildman–Crippen MR) is 62.7 cm³/mol. The molecule has 0 atom stereocenters. The maximum Gasteiger partial charge on any atom is 0.224 e. The molecule has 1 amide bonds. The maximum atomic E-state index is 11.5. The predicted octanol–water partition coefficient (Wildman–Crippen LogP) is 1.60. The molecule has 0 aliphatic heterocycles. The fourth-order valence-corrected chi connectivity index (χ4v) is 1.80. The van der Waals surface area contributed by atoms with Gasteiger partial charge in [0.1, 0.15) is 0 Å². The second kappa shape index (κ2) is 7.46. The molecule has 0 radical (unpaired) electrons. The average molecular weight is 210 g/mol. The molecule has 0 aromatic carbocycles. The van der Waals surface area contributed by atoms with Crippen LogP contribution in [0.2, 0.25) is 0 Å². The topological polar surface area (TPSA) is 41.1 Å². The second-order valence-electron chi connectivity index (χ2n) is 3.99. The first-order chi connectivity index (χ1) is 7.33. The minimum absolute atomic E-state index is 0.168. The molecular weight excluding hydrogens is 188 g/mol. The van der Waals surface area contributed by atoms with Crippen LogP contribution in [0.5, 0.6) is 0 Å². The molecule has 1 aliphatic rings. The van der Waals surface area contributed by atoms with Gasteiger partial charge in [0.05, 0.1) is 0 Å². The summed E-state index contributed by atoms with van der Waals surface area (Å²) < 4.78 is 0. The minimum atomic E-state index is 0.168. The number of amides is 1. The molecule has 1 rings (SSSR count). The molecule has 0 heterocycles. The Bertz CT molecular complexity index is 224. The number of allylic oxidation sites excluding steroid dienone is 1. The van der Waals surface area contributed by atoms with Gasteiger partial charge in [-0.2, -0.15) is 0 Å². The highest BCUT2D eigenvalue weighted by atomic mass is 16.1. The normalized spacial score (nSPS) is 15.9. The summed E-state index contributed by atoms with van der Waals surface area (Å²) in [6, 6.07) is 0.